The molecule has 4 rings (SSSR count). The van der Waals surface area contributed by atoms with Gasteiger partial charge in [-0.05, 0) is 25.0 Å². The van der Waals surface area contributed by atoms with Gasteiger partial charge in [-0.25, -0.2) is 0 Å². The highest BCUT2D eigenvalue weighted by atomic mass is 16.5. The number of anilines is 1. The first-order valence-corrected chi connectivity index (χ1v) is 9.85. The Hall–Kier alpha value is -2.61. The fraction of sp³-hybridized carbons (Fsp3) is 0.550. The molecule has 8 nitrogen and oxygen atoms in total. The second-order valence-corrected chi connectivity index (χ2v) is 7.65. The van der Waals surface area contributed by atoms with Gasteiger partial charge in [-0.15, -0.1) is 0 Å². The summed E-state index contributed by atoms with van der Waals surface area (Å²) < 4.78 is 5.91. The number of benzene rings is 1. The van der Waals surface area contributed by atoms with E-state index < -0.39 is 6.10 Å². The summed E-state index contributed by atoms with van der Waals surface area (Å²) in [7, 11) is 0. The van der Waals surface area contributed by atoms with Crippen LogP contribution in [0.4, 0.5) is 5.69 Å². The summed E-state index contributed by atoms with van der Waals surface area (Å²) in [4.78, 5) is 42.4. The number of hydrogen-bond acceptors (Lipinski definition) is 5. The third-order valence-electron chi connectivity index (χ3n) is 5.42. The lowest BCUT2D eigenvalue weighted by Crippen LogP contribution is -2.57. The van der Waals surface area contributed by atoms with E-state index in [1.807, 2.05) is 18.2 Å². The number of piperazine rings is 1. The van der Waals surface area contributed by atoms with Crippen molar-refractivity contribution in [1.82, 2.24) is 15.1 Å². The van der Waals surface area contributed by atoms with Gasteiger partial charge in [0.1, 0.15) is 5.75 Å². The monoisotopic (exact) mass is 386 g/mol. The fourth-order valence-electron chi connectivity index (χ4n) is 3.70. The summed E-state index contributed by atoms with van der Waals surface area (Å²) in [5.41, 5.74) is 0.700. The van der Waals surface area contributed by atoms with Gasteiger partial charge in [0.15, 0.2) is 6.10 Å². The molecule has 1 aliphatic carbocycles. The van der Waals surface area contributed by atoms with E-state index >= 15 is 0 Å². The molecule has 0 spiro atoms. The van der Waals surface area contributed by atoms with E-state index in [0.717, 1.165) is 12.8 Å². The molecule has 1 aromatic rings. The highest BCUT2D eigenvalue weighted by Gasteiger charge is 2.36. The van der Waals surface area contributed by atoms with Crippen molar-refractivity contribution >= 4 is 23.4 Å². The summed E-state index contributed by atoms with van der Waals surface area (Å²) in [5, 5.41) is 2.99. The minimum atomic E-state index is -0.705. The third kappa shape index (κ3) is 4.11. The Balaban J connectivity index is 1.33. The molecule has 2 fully saturated rings. The molecule has 3 aliphatic rings. The Morgan fingerprint density at radius 1 is 1.11 bits per heavy atom. The highest BCUT2D eigenvalue weighted by Crippen LogP contribution is 2.33. The molecule has 2 aliphatic heterocycles. The lowest BCUT2D eigenvalue weighted by atomic mass is 10.1. The molecule has 1 aromatic carbocycles. The van der Waals surface area contributed by atoms with Crippen molar-refractivity contribution in [1.29, 1.82) is 0 Å². The quantitative estimate of drug-likeness (QED) is 0.801. The van der Waals surface area contributed by atoms with Crippen LogP contribution in [0.1, 0.15) is 19.8 Å². The number of para-hydroxylation sites is 2. The van der Waals surface area contributed by atoms with Crippen LogP contribution < -0.4 is 15.0 Å². The van der Waals surface area contributed by atoms with Crippen molar-refractivity contribution in [3.05, 3.63) is 24.3 Å². The molecule has 0 bridgehead atoms. The molecule has 28 heavy (non-hydrogen) atoms. The number of carbonyl (C=O) groups is 3. The molecule has 0 aromatic heterocycles. The van der Waals surface area contributed by atoms with Crippen molar-refractivity contribution < 1.29 is 19.1 Å². The number of ether oxygens (including phenoxy) is 1. The molecule has 1 N–H and O–H groups in total. The van der Waals surface area contributed by atoms with Gasteiger partial charge < -0.3 is 19.9 Å². The standard InChI is InChI=1S/C20H26N4O4/c1-14(25)24-12-18(28-17-5-3-2-4-16(17)24)20(27)23-10-8-22(9-11-23)13-19(26)21-15-6-7-15/h2-5,15,18H,6-13H2,1H3,(H,21,26)/t18-/m0/s1. The van der Waals surface area contributed by atoms with E-state index in [4.69, 9.17) is 4.74 Å². The van der Waals surface area contributed by atoms with Crippen LogP contribution in [0.25, 0.3) is 0 Å². The first-order chi connectivity index (χ1) is 13.5. The smallest absolute Gasteiger partial charge is 0.265 e. The van der Waals surface area contributed by atoms with E-state index in [1.165, 1.54) is 6.92 Å². The number of nitrogens with zero attached hydrogens (tertiary/aromatic N) is 3. The highest BCUT2D eigenvalue weighted by molar-refractivity contribution is 5.95. The summed E-state index contributed by atoms with van der Waals surface area (Å²) in [6, 6.07) is 7.64. The summed E-state index contributed by atoms with van der Waals surface area (Å²) in [6.07, 6.45) is 1.45. The summed E-state index contributed by atoms with van der Waals surface area (Å²) in [6.45, 7) is 4.51. The van der Waals surface area contributed by atoms with Crippen LogP contribution in [0.15, 0.2) is 24.3 Å². The number of carbonyl (C=O) groups excluding carboxylic acids is 3. The predicted molar refractivity (Wildman–Crippen MR) is 103 cm³/mol. The number of rotatable bonds is 4. The lowest BCUT2D eigenvalue weighted by Gasteiger charge is -2.39. The first-order valence-electron chi connectivity index (χ1n) is 9.85. The molecule has 1 atom stereocenters. The van der Waals surface area contributed by atoms with Crippen molar-refractivity contribution in [2.45, 2.75) is 31.9 Å². The molecule has 1 saturated carbocycles. The topological polar surface area (TPSA) is 82.2 Å². The molecule has 2 heterocycles. The number of nitrogens with one attached hydrogen (secondary N) is 1. The van der Waals surface area contributed by atoms with Gasteiger partial charge >= 0.3 is 0 Å². The van der Waals surface area contributed by atoms with E-state index in [-0.39, 0.29) is 24.3 Å². The van der Waals surface area contributed by atoms with Crippen molar-refractivity contribution in [2.24, 2.45) is 0 Å². The van der Waals surface area contributed by atoms with Crippen molar-refractivity contribution in [3.8, 4) is 5.75 Å². The normalized spacial score (nSPS) is 22.2. The van der Waals surface area contributed by atoms with Crippen LogP contribution in [-0.4, -0.2) is 78.9 Å². The van der Waals surface area contributed by atoms with Gasteiger partial charge in [0.2, 0.25) is 11.8 Å². The molecule has 1 saturated heterocycles. The van der Waals surface area contributed by atoms with Crippen LogP contribution in [-0.2, 0) is 14.4 Å². The third-order valence-corrected chi connectivity index (χ3v) is 5.42. The number of fused-ring (bicyclic) bond motifs is 1. The Kier molecular flexibility index (Phi) is 5.21. The Morgan fingerprint density at radius 3 is 2.50 bits per heavy atom. The SMILES string of the molecule is CC(=O)N1C[C@@H](C(=O)N2CCN(CC(=O)NC3CC3)CC2)Oc2ccccc21. The average Bonchev–Trinajstić information content (AvgIpc) is 3.50. The maximum Gasteiger partial charge on any atom is 0.265 e. The second-order valence-electron chi connectivity index (χ2n) is 7.65. The van der Waals surface area contributed by atoms with E-state index in [1.54, 1.807) is 15.9 Å². The van der Waals surface area contributed by atoms with Crippen LogP contribution >= 0.6 is 0 Å². The molecular weight excluding hydrogens is 360 g/mol. The van der Waals surface area contributed by atoms with Gasteiger partial charge in [0.05, 0.1) is 18.8 Å². The zero-order valence-electron chi connectivity index (χ0n) is 16.1. The molecule has 150 valence electrons. The second kappa shape index (κ2) is 7.79. The molecular formula is C20H26N4O4. The molecule has 3 amide bonds. The summed E-state index contributed by atoms with van der Waals surface area (Å²) >= 11 is 0. The Morgan fingerprint density at radius 2 is 1.82 bits per heavy atom. The number of amides is 3. The van der Waals surface area contributed by atoms with Crippen LogP contribution in [0.5, 0.6) is 5.75 Å². The van der Waals surface area contributed by atoms with E-state index in [2.05, 4.69) is 10.2 Å². The largest absolute Gasteiger partial charge is 0.476 e. The minimum absolute atomic E-state index is 0.0617. The van der Waals surface area contributed by atoms with Crippen molar-refractivity contribution in [3.63, 3.8) is 0 Å². The van der Waals surface area contributed by atoms with Crippen LogP contribution in [0.2, 0.25) is 0 Å². The predicted octanol–water partition coefficient (Wildman–Crippen LogP) is 0.223. The maximum atomic E-state index is 13.0. The maximum absolute atomic E-state index is 13.0. The van der Waals surface area contributed by atoms with Gasteiger partial charge in [0.25, 0.3) is 5.91 Å². The fourth-order valence-corrected chi connectivity index (χ4v) is 3.70. The number of hydrogen-bond donors (Lipinski definition) is 1. The zero-order valence-corrected chi connectivity index (χ0v) is 16.1. The zero-order chi connectivity index (χ0) is 19.7. The van der Waals surface area contributed by atoms with Crippen LogP contribution in [0.3, 0.4) is 0 Å². The van der Waals surface area contributed by atoms with Gasteiger partial charge in [-0.3, -0.25) is 19.3 Å². The van der Waals surface area contributed by atoms with Gasteiger partial charge in [0, 0.05) is 39.1 Å². The lowest BCUT2D eigenvalue weighted by molar-refractivity contribution is -0.140. The van der Waals surface area contributed by atoms with Crippen LogP contribution in [0, 0.1) is 0 Å². The van der Waals surface area contributed by atoms with E-state index in [0.29, 0.717) is 50.2 Å². The molecule has 0 radical (unpaired) electrons. The van der Waals surface area contributed by atoms with E-state index in [9.17, 15) is 14.4 Å². The summed E-state index contributed by atoms with van der Waals surface area (Å²) in [5.74, 6) is 0.396. The van der Waals surface area contributed by atoms with Gasteiger partial charge in [-0.2, -0.15) is 0 Å². The average molecular weight is 386 g/mol. The van der Waals surface area contributed by atoms with Gasteiger partial charge in [-0.1, -0.05) is 12.1 Å². The molecule has 8 heteroatoms. The Bertz CT molecular complexity index is 771. The molecule has 0 unspecified atom stereocenters. The first kappa shape index (κ1) is 18.7. The Labute approximate surface area is 164 Å². The van der Waals surface area contributed by atoms with Crippen molar-refractivity contribution in [2.75, 3.05) is 44.2 Å². The minimum Gasteiger partial charge on any atom is -0.476 e.